The Morgan fingerprint density at radius 2 is 1.23 bits per heavy atom. The van der Waals surface area contributed by atoms with E-state index in [4.69, 9.17) is 0 Å². The molecule has 3 aromatic carbocycles. The number of nitrogens with zero attached hydrogens (tertiary/aromatic N) is 1. The minimum Gasteiger partial charge on any atom is -0.478 e. The van der Waals surface area contributed by atoms with E-state index in [0.717, 1.165) is 0 Å². The van der Waals surface area contributed by atoms with Crippen molar-refractivity contribution in [3.05, 3.63) is 123 Å². The fraction of sp³-hybridized carbons (Fsp3) is 0. The maximum atomic E-state index is 12.3. The van der Waals surface area contributed by atoms with Gasteiger partial charge in [-0.05, 0) is 34.9 Å². The number of carboxylic acid groups (broad SMARTS) is 2. The van der Waals surface area contributed by atoms with Crippen LogP contribution in [0, 0.1) is 10.1 Å². The molecule has 0 atom stereocenters. The Kier molecular flexibility index (Phi) is 6.37. The van der Waals surface area contributed by atoms with E-state index in [1.807, 2.05) is 0 Å². The van der Waals surface area contributed by atoms with Crippen LogP contribution in [-0.4, -0.2) is 27.1 Å². The normalized spacial score (nSPS) is 10.9. The van der Waals surface area contributed by atoms with Crippen molar-refractivity contribution in [2.75, 3.05) is 0 Å². The molecule has 0 aliphatic heterocycles. The molecule has 31 heavy (non-hydrogen) atoms. The van der Waals surface area contributed by atoms with Gasteiger partial charge >= 0.3 is 11.9 Å². The highest BCUT2D eigenvalue weighted by Crippen LogP contribution is 2.32. The SMILES string of the molecule is O=C(O)C(=C(c1ccccc1)c1ccccc1)/C(=C\c1ccc([N+](=O)[O-])cc1)C(=O)O. The average Bonchev–Trinajstić information content (AvgIpc) is 2.77. The summed E-state index contributed by atoms with van der Waals surface area (Å²) >= 11 is 0. The van der Waals surface area contributed by atoms with Gasteiger partial charge in [-0.25, -0.2) is 9.59 Å². The van der Waals surface area contributed by atoms with Crippen LogP contribution in [0.25, 0.3) is 11.6 Å². The Morgan fingerprint density at radius 1 is 0.742 bits per heavy atom. The first kappa shape index (κ1) is 21.2. The molecule has 2 N–H and O–H groups in total. The maximum absolute atomic E-state index is 12.3. The van der Waals surface area contributed by atoms with Crippen LogP contribution in [0.4, 0.5) is 5.69 Å². The summed E-state index contributed by atoms with van der Waals surface area (Å²) < 4.78 is 0. The van der Waals surface area contributed by atoms with Crippen molar-refractivity contribution in [3.63, 3.8) is 0 Å². The summed E-state index contributed by atoms with van der Waals surface area (Å²) in [4.78, 5) is 34.7. The number of non-ortho nitro benzene ring substituents is 1. The predicted molar refractivity (Wildman–Crippen MR) is 115 cm³/mol. The lowest BCUT2D eigenvalue weighted by Gasteiger charge is -2.14. The van der Waals surface area contributed by atoms with E-state index in [1.165, 1.54) is 30.3 Å². The second kappa shape index (κ2) is 9.32. The molecule has 0 aromatic heterocycles. The van der Waals surface area contributed by atoms with Gasteiger partial charge in [-0.3, -0.25) is 10.1 Å². The third kappa shape index (κ3) is 4.91. The molecule has 154 valence electrons. The molecule has 0 saturated heterocycles. The lowest BCUT2D eigenvalue weighted by Crippen LogP contribution is -2.14. The standard InChI is InChI=1S/C24H17NO6/c26-23(27)20(15-16-11-13-19(14-12-16)25(30)31)22(24(28)29)21(17-7-3-1-4-8-17)18-9-5-2-6-10-18/h1-15H,(H,26,27)(H,28,29)/b20-15+. The number of hydrogen-bond donors (Lipinski definition) is 2. The average molecular weight is 415 g/mol. The van der Waals surface area contributed by atoms with Gasteiger partial charge in [-0.15, -0.1) is 0 Å². The van der Waals surface area contributed by atoms with Crippen LogP contribution < -0.4 is 0 Å². The van der Waals surface area contributed by atoms with Crippen LogP contribution in [0.15, 0.2) is 96.1 Å². The number of nitro groups is 1. The summed E-state index contributed by atoms with van der Waals surface area (Å²) in [5.41, 5.74) is 0.681. The van der Waals surface area contributed by atoms with Gasteiger partial charge in [0.2, 0.25) is 0 Å². The van der Waals surface area contributed by atoms with Gasteiger partial charge in [-0.1, -0.05) is 60.7 Å². The lowest BCUT2D eigenvalue weighted by atomic mass is 9.88. The Bertz CT molecular complexity index is 1140. The van der Waals surface area contributed by atoms with Gasteiger partial charge in [0.1, 0.15) is 0 Å². The Morgan fingerprint density at radius 3 is 1.61 bits per heavy atom. The highest BCUT2D eigenvalue weighted by molar-refractivity contribution is 6.15. The van der Waals surface area contributed by atoms with Crippen LogP contribution in [0.5, 0.6) is 0 Å². The first-order chi connectivity index (χ1) is 14.9. The molecule has 7 heteroatoms. The summed E-state index contributed by atoms with van der Waals surface area (Å²) in [5, 5.41) is 30.7. The summed E-state index contributed by atoms with van der Waals surface area (Å²) in [6.45, 7) is 0. The van der Waals surface area contributed by atoms with E-state index < -0.39 is 22.4 Å². The number of nitro benzene ring substituents is 1. The minimum atomic E-state index is -1.43. The molecule has 0 aliphatic carbocycles. The van der Waals surface area contributed by atoms with Crippen LogP contribution >= 0.6 is 0 Å². The fourth-order valence-electron chi connectivity index (χ4n) is 3.12. The van der Waals surface area contributed by atoms with Crippen molar-refractivity contribution in [2.45, 2.75) is 0 Å². The smallest absolute Gasteiger partial charge is 0.337 e. The van der Waals surface area contributed by atoms with Crippen LogP contribution in [0.3, 0.4) is 0 Å². The molecule has 0 spiro atoms. The van der Waals surface area contributed by atoms with Crippen molar-refractivity contribution in [1.29, 1.82) is 0 Å². The Labute approximate surface area is 177 Å². The molecule has 0 fully saturated rings. The number of rotatable bonds is 7. The number of benzene rings is 3. The van der Waals surface area contributed by atoms with Crippen molar-refractivity contribution in [3.8, 4) is 0 Å². The molecule has 0 heterocycles. The Hall–Kier alpha value is -4.52. The second-order valence-corrected chi connectivity index (χ2v) is 6.50. The number of hydrogen-bond acceptors (Lipinski definition) is 4. The summed E-state index contributed by atoms with van der Waals surface area (Å²) in [6.07, 6.45) is 1.20. The molecule has 0 amide bonds. The van der Waals surface area contributed by atoms with Crippen LogP contribution in [0.1, 0.15) is 16.7 Å². The van der Waals surface area contributed by atoms with Crippen molar-refractivity contribution in [1.82, 2.24) is 0 Å². The van der Waals surface area contributed by atoms with E-state index in [0.29, 0.717) is 16.7 Å². The largest absolute Gasteiger partial charge is 0.478 e. The van der Waals surface area contributed by atoms with E-state index in [-0.39, 0.29) is 16.8 Å². The minimum absolute atomic E-state index is 0.155. The molecule has 0 radical (unpaired) electrons. The number of carbonyl (C=O) groups is 2. The summed E-state index contributed by atoms with van der Waals surface area (Å²) in [6, 6.07) is 22.5. The second-order valence-electron chi connectivity index (χ2n) is 6.50. The summed E-state index contributed by atoms with van der Waals surface area (Å²) in [5.74, 6) is -2.83. The molecule has 3 aromatic rings. The van der Waals surface area contributed by atoms with E-state index >= 15 is 0 Å². The summed E-state index contributed by atoms with van der Waals surface area (Å²) in [7, 11) is 0. The van der Waals surface area contributed by atoms with Gasteiger partial charge < -0.3 is 10.2 Å². The Balaban J connectivity index is 2.30. The zero-order chi connectivity index (χ0) is 22.4. The van der Waals surface area contributed by atoms with Crippen molar-refractivity contribution < 1.29 is 24.7 Å². The molecular weight excluding hydrogens is 398 g/mol. The quantitative estimate of drug-likeness (QED) is 0.251. The topological polar surface area (TPSA) is 118 Å². The highest BCUT2D eigenvalue weighted by atomic mass is 16.6. The van der Waals surface area contributed by atoms with Gasteiger partial charge in [0, 0.05) is 17.7 Å². The van der Waals surface area contributed by atoms with Gasteiger partial charge in [0.25, 0.3) is 5.69 Å². The molecule has 0 aliphatic rings. The first-order valence-electron chi connectivity index (χ1n) is 9.16. The molecule has 0 unspecified atom stereocenters. The van der Waals surface area contributed by atoms with Crippen LogP contribution in [0.2, 0.25) is 0 Å². The van der Waals surface area contributed by atoms with Crippen LogP contribution in [-0.2, 0) is 9.59 Å². The number of carboxylic acids is 2. The zero-order valence-electron chi connectivity index (χ0n) is 16.1. The first-order valence-corrected chi connectivity index (χ1v) is 9.16. The monoisotopic (exact) mass is 415 g/mol. The predicted octanol–water partition coefficient (Wildman–Crippen LogP) is 4.65. The van der Waals surface area contributed by atoms with E-state index in [2.05, 4.69) is 0 Å². The van der Waals surface area contributed by atoms with Crippen molar-refractivity contribution in [2.24, 2.45) is 0 Å². The van der Waals surface area contributed by atoms with Crippen molar-refractivity contribution >= 4 is 29.3 Å². The maximum Gasteiger partial charge on any atom is 0.337 e. The molecule has 3 rings (SSSR count). The fourth-order valence-corrected chi connectivity index (χ4v) is 3.12. The molecule has 0 bridgehead atoms. The lowest BCUT2D eigenvalue weighted by molar-refractivity contribution is -0.384. The zero-order valence-corrected chi connectivity index (χ0v) is 16.1. The molecule has 0 saturated carbocycles. The van der Waals surface area contributed by atoms with E-state index in [9.17, 15) is 29.9 Å². The van der Waals surface area contributed by atoms with Gasteiger partial charge in [-0.2, -0.15) is 0 Å². The van der Waals surface area contributed by atoms with E-state index in [1.54, 1.807) is 60.7 Å². The van der Waals surface area contributed by atoms with Gasteiger partial charge in [0.15, 0.2) is 0 Å². The highest BCUT2D eigenvalue weighted by Gasteiger charge is 2.26. The number of aliphatic carboxylic acids is 2. The molecule has 7 nitrogen and oxygen atoms in total. The van der Waals surface area contributed by atoms with Gasteiger partial charge in [0.05, 0.1) is 16.1 Å². The third-order valence-corrected chi connectivity index (χ3v) is 4.50. The third-order valence-electron chi connectivity index (χ3n) is 4.50. The molecular formula is C24H17NO6.